The zero-order valence-corrected chi connectivity index (χ0v) is 13.2. The lowest BCUT2D eigenvalue weighted by molar-refractivity contribution is -0.660. The van der Waals surface area contributed by atoms with E-state index in [4.69, 9.17) is 14.0 Å². The number of fused-ring (bicyclic) bond motifs is 3. The number of aromatic nitrogens is 1. The molecule has 0 unspecified atom stereocenters. The van der Waals surface area contributed by atoms with E-state index in [1.165, 1.54) is 18.3 Å². The third-order valence-electron chi connectivity index (χ3n) is 4.26. The maximum Gasteiger partial charge on any atom is 0.216 e. The summed E-state index contributed by atoms with van der Waals surface area (Å²) in [5.74, 6) is -0.706. The molecule has 0 atom stereocenters. The highest BCUT2D eigenvalue weighted by atomic mass is 19.1. The Morgan fingerprint density at radius 1 is 1.08 bits per heavy atom. The summed E-state index contributed by atoms with van der Waals surface area (Å²) >= 11 is 0. The van der Waals surface area contributed by atoms with Crippen LogP contribution in [0.1, 0.15) is 26.3 Å². The van der Waals surface area contributed by atoms with Gasteiger partial charge in [-0.25, -0.2) is 8.96 Å². The second kappa shape index (κ2) is 5.17. The summed E-state index contributed by atoms with van der Waals surface area (Å²) in [5, 5.41) is 1.22. The van der Waals surface area contributed by atoms with Crippen LogP contribution in [0.25, 0.3) is 33.2 Å². The number of nitrogens with zero attached hydrogens (tertiary/aromatic N) is 1. The van der Waals surface area contributed by atoms with Crippen LogP contribution in [0.4, 0.5) is 4.39 Å². The zero-order valence-electron chi connectivity index (χ0n) is 20.2. The third kappa shape index (κ3) is 2.12. The van der Waals surface area contributed by atoms with Crippen LogP contribution in [-0.4, -0.2) is 0 Å². The van der Waals surface area contributed by atoms with Crippen molar-refractivity contribution < 1.29 is 23.0 Å². The van der Waals surface area contributed by atoms with Gasteiger partial charge in [-0.2, -0.15) is 0 Å². The summed E-state index contributed by atoms with van der Waals surface area (Å²) in [6.45, 7) is -3.42. The molecule has 0 fully saturated rings. The minimum atomic E-state index is -2.64. The molecule has 3 heteroatoms. The molecule has 0 N–H and O–H groups in total. The molecule has 0 aliphatic rings. The monoisotopic (exact) mass is 327 g/mol. The summed E-state index contributed by atoms with van der Waals surface area (Å²) < 4.78 is 76.2. The lowest BCUT2D eigenvalue weighted by Crippen LogP contribution is -2.31. The molecule has 2 aromatic carbocycles. The summed E-state index contributed by atoms with van der Waals surface area (Å²) in [4.78, 5) is 0. The molecule has 0 radical (unpaired) electrons. The van der Waals surface area contributed by atoms with Crippen molar-refractivity contribution in [3.05, 3.63) is 65.1 Å². The number of furan rings is 1. The Hall–Kier alpha value is -2.68. The van der Waals surface area contributed by atoms with Crippen LogP contribution in [0.5, 0.6) is 0 Å². The second-order valence-corrected chi connectivity index (χ2v) is 5.88. The Kier molecular flexibility index (Phi) is 1.93. The van der Waals surface area contributed by atoms with Crippen LogP contribution >= 0.6 is 0 Å². The Balaban J connectivity index is 2.12. The van der Waals surface area contributed by atoms with Gasteiger partial charge in [-0.3, -0.25) is 0 Å². The van der Waals surface area contributed by atoms with Crippen LogP contribution in [0.3, 0.4) is 0 Å². The van der Waals surface area contributed by atoms with E-state index in [-0.39, 0.29) is 22.8 Å². The highest BCUT2D eigenvalue weighted by Gasteiger charge is 2.21. The normalized spacial score (nSPS) is 16.9. The number of rotatable bonds is 1. The van der Waals surface area contributed by atoms with Crippen molar-refractivity contribution in [1.82, 2.24) is 0 Å². The maximum atomic E-state index is 13.9. The molecule has 4 rings (SSSR count). The number of hydrogen-bond acceptors (Lipinski definition) is 1. The van der Waals surface area contributed by atoms with Crippen LogP contribution in [0.2, 0.25) is 0 Å². The summed E-state index contributed by atoms with van der Waals surface area (Å²) in [5.41, 5.74) is 1.71. The summed E-state index contributed by atoms with van der Waals surface area (Å²) in [6.07, 6.45) is 1.31. The smallest absolute Gasteiger partial charge is 0.216 e. The molecule has 4 aromatic rings. The van der Waals surface area contributed by atoms with Crippen LogP contribution < -0.4 is 4.57 Å². The van der Waals surface area contributed by atoms with Crippen molar-refractivity contribution in [2.24, 2.45) is 7.05 Å². The van der Waals surface area contributed by atoms with Gasteiger partial charge in [-0.1, -0.05) is 12.1 Å². The van der Waals surface area contributed by atoms with Crippen LogP contribution in [-0.2, 0) is 7.05 Å². The van der Waals surface area contributed by atoms with Crippen molar-refractivity contribution in [3.63, 3.8) is 0 Å². The van der Waals surface area contributed by atoms with Crippen LogP contribution in [0.15, 0.2) is 47.0 Å². The van der Waals surface area contributed by atoms with Gasteiger partial charge in [0, 0.05) is 36.7 Å². The molecule has 2 aromatic heterocycles. The number of benzene rings is 2. The lowest BCUT2D eigenvalue weighted by atomic mass is 9.99. The first kappa shape index (κ1) is 8.97. The van der Waals surface area contributed by atoms with Crippen LogP contribution in [0, 0.1) is 26.4 Å². The molecule has 0 saturated heterocycles. The van der Waals surface area contributed by atoms with Gasteiger partial charge in [-0.05, 0) is 43.9 Å². The van der Waals surface area contributed by atoms with Crippen molar-refractivity contribution in [1.29, 1.82) is 0 Å². The van der Waals surface area contributed by atoms with E-state index in [0.717, 1.165) is 5.56 Å². The van der Waals surface area contributed by atoms with Gasteiger partial charge in [0.05, 0.1) is 6.93 Å². The molecule has 24 heavy (non-hydrogen) atoms. The summed E-state index contributed by atoms with van der Waals surface area (Å²) in [6, 6.07) is 7.37. The molecule has 0 aliphatic heterocycles. The molecule has 2 nitrogen and oxygen atoms in total. The fourth-order valence-electron chi connectivity index (χ4n) is 3.06. The molecule has 120 valence electrons. The Labute approximate surface area is 150 Å². The number of pyridine rings is 1. The standard InChI is InChI=1S/C21H19FNO/c1-12-5-7-17-16-8-6-15(22)10-19(16)24-21(17)20(12)18-9-13(2)14(3)11-23(18)4/h5-11H,1-4H3/q+1/i2D3,3D3,10D. The molecular formula is C21H19FNO+. The average molecular weight is 327 g/mol. The van der Waals surface area contributed by atoms with Gasteiger partial charge >= 0.3 is 0 Å². The topological polar surface area (TPSA) is 17.0 Å². The molecule has 2 heterocycles. The van der Waals surface area contributed by atoms with Gasteiger partial charge in [0.1, 0.15) is 24.0 Å². The predicted octanol–water partition coefficient (Wildman–Crippen LogP) is 5.14. The highest BCUT2D eigenvalue weighted by molar-refractivity contribution is 6.09. The molecule has 0 amide bonds. The van der Waals surface area contributed by atoms with Gasteiger partial charge in [0.2, 0.25) is 5.69 Å². The first-order valence-corrected chi connectivity index (χ1v) is 7.46. The summed E-state index contributed by atoms with van der Waals surface area (Å²) in [7, 11) is 1.63. The molecular weight excluding hydrogens is 301 g/mol. The van der Waals surface area contributed by atoms with E-state index in [2.05, 4.69) is 0 Å². The molecule has 0 bridgehead atoms. The van der Waals surface area contributed by atoms with E-state index < -0.39 is 19.5 Å². The van der Waals surface area contributed by atoms with Gasteiger partial charge in [0.15, 0.2) is 6.20 Å². The van der Waals surface area contributed by atoms with Crippen molar-refractivity contribution in [3.8, 4) is 11.3 Å². The average Bonchev–Trinajstić information content (AvgIpc) is 3.02. The van der Waals surface area contributed by atoms with Gasteiger partial charge < -0.3 is 4.42 Å². The third-order valence-corrected chi connectivity index (χ3v) is 4.26. The lowest BCUT2D eigenvalue weighted by Gasteiger charge is -2.07. The van der Waals surface area contributed by atoms with E-state index in [1.54, 1.807) is 23.7 Å². The molecule has 0 aliphatic carbocycles. The maximum absolute atomic E-state index is 13.9. The first-order valence-electron chi connectivity index (χ1n) is 11.0. The van der Waals surface area contributed by atoms with E-state index in [1.807, 2.05) is 13.0 Å². The Morgan fingerprint density at radius 3 is 2.67 bits per heavy atom. The Morgan fingerprint density at radius 2 is 1.88 bits per heavy atom. The predicted molar refractivity (Wildman–Crippen MR) is 94.5 cm³/mol. The van der Waals surface area contributed by atoms with E-state index in [0.29, 0.717) is 27.6 Å². The van der Waals surface area contributed by atoms with Crippen molar-refractivity contribution in [2.45, 2.75) is 20.6 Å². The minimum absolute atomic E-state index is 0.0969. The highest BCUT2D eigenvalue weighted by Crippen LogP contribution is 2.37. The first-order chi connectivity index (χ1) is 14.3. The van der Waals surface area contributed by atoms with E-state index >= 15 is 0 Å². The fourth-order valence-corrected chi connectivity index (χ4v) is 3.06. The number of halogens is 1. The molecule has 0 spiro atoms. The Bertz CT molecular complexity index is 1350. The SMILES string of the molecule is [2H]c1c(F)ccc2c1oc1c(-c3cc(C([2H])([2H])[2H])c(C([2H])([2H])[2H])c[n+]3C)c(C)ccc12. The number of aryl methyl sites for hydroxylation is 4. The second-order valence-electron chi connectivity index (χ2n) is 5.88. The number of hydrogen-bond donors (Lipinski definition) is 0. The quantitative estimate of drug-likeness (QED) is 0.442. The van der Waals surface area contributed by atoms with Crippen molar-refractivity contribution >= 4 is 21.9 Å². The van der Waals surface area contributed by atoms with Gasteiger partial charge in [-0.15, -0.1) is 0 Å². The van der Waals surface area contributed by atoms with Crippen molar-refractivity contribution in [2.75, 3.05) is 0 Å². The minimum Gasteiger partial charge on any atom is -0.455 e. The van der Waals surface area contributed by atoms with E-state index in [9.17, 15) is 4.39 Å². The van der Waals surface area contributed by atoms with Gasteiger partial charge in [0.25, 0.3) is 0 Å². The molecule has 0 saturated carbocycles. The zero-order chi connectivity index (χ0) is 22.9. The largest absolute Gasteiger partial charge is 0.455 e. The fraction of sp³-hybridized carbons (Fsp3) is 0.190.